The van der Waals surface area contributed by atoms with E-state index < -0.39 is 12.3 Å². The summed E-state index contributed by atoms with van der Waals surface area (Å²) in [7, 11) is 0. The third kappa shape index (κ3) is 7.65. The molecule has 1 atom stereocenters. The maximum absolute atomic E-state index is 12.5. The molecule has 0 aliphatic rings. The maximum atomic E-state index is 12.5. The quantitative estimate of drug-likeness (QED) is 0.660. The van der Waals surface area contributed by atoms with Crippen LogP contribution >= 0.6 is 0 Å². The van der Waals surface area contributed by atoms with Gasteiger partial charge in [0.05, 0.1) is 6.10 Å². The molecule has 0 aliphatic heterocycles. The lowest BCUT2D eigenvalue weighted by molar-refractivity contribution is -0.231. The highest BCUT2D eigenvalue weighted by atomic mass is 19.4. The predicted octanol–water partition coefficient (Wildman–Crippen LogP) is 4.17. The van der Waals surface area contributed by atoms with Crippen molar-refractivity contribution in [1.29, 1.82) is 0 Å². The highest BCUT2D eigenvalue weighted by Gasteiger charge is 2.40. The summed E-state index contributed by atoms with van der Waals surface area (Å²) in [6, 6.07) is 0. The van der Waals surface area contributed by atoms with Gasteiger partial charge in [-0.25, -0.2) is 0 Å². The number of hydrogen-bond donors (Lipinski definition) is 0. The van der Waals surface area contributed by atoms with Crippen molar-refractivity contribution in [1.82, 2.24) is 0 Å². The van der Waals surface area contributed by atoms with Gasteiger partial charge in [0, 0.05) is 0 Å². The number of hydrogen-bond acceptors (Lipinski definition) is 1. The largest absolute Gasteiger partial charge is 0.414 e. The zero-order valence-electron chi connectivity index (χ0n) is 9.90. The van der Waals surface area contributed by atoms with Gasteiger partial charge in [-0.05, 0) is 26.2 Å². The van der Waals surface area contributed by atoms with Crippen LogP contribution in [0.4, 0.5) is 13.2 Å². The molecule has 0 saturated carbocycles. The summed E-state index contributed by atoms with van der Waals surface area (Å²) in [5.74, 6) is 0.443. The van der Waals surface area contributed by atoms with E-state index in [9.17, 15) is 13.2 Å². The van der Waals surface area contributed by atoms with E-state index in [-0.39, 0.29) is 12.5 Å². The van der Waals surface area contributed by atoms with Crippen molar-refractivity contribution in [3.8, 4) is 0 Å². The van der Waals surface area contributed by atoms with Gasteiger partial charge in [0.15, 0.2) is 6.10 Å². The first-order valence-corrected chi connectivity index (χ1v) is 5.45. The van der Waals surface area contributed by atoms with Gasteiger partial charge in [0.25, 0.3) is 0 Å². The van der Waals surface area contributed by atoms with Crippen molar-refractivity contribution >= 4 is 0 Å². The molecule has 0 amide bonds. The maximum Gasteiger partial charge on any atom is 0.414 e. The fraction of sp³-hybridized carbons (Fsp3) is 1.00. The third-order valence-corrected chi connectivity index (χ3v) is 2.05. The molecule has 0 fully saturated rings. The van der Waals surface area contributed by atoms with E-state index in [1.807, 2.05) is 13.8 Å². The van der Waals surface area contributed by atoms with E-state index in [1.54, 1.807) is 13.8 Å². The Balaban J connectivity index is 4.03. The van der Waals surface area contributed by atoms with E-state index in [1.165, 1.54) is 0 Å². The number of halogens is 3. The van der Waals surface area contributed by atoms with Gasteiger partial charge >= 0.3 is 6.18 Å². The minimum Gasteiger partial charge on any atom is -0.366 e. The molecule has 0 heterocycles. The summed E-state index contributed by atoms with van der Waals surface area (Å²) in [5.41, 5.74) is 0. The Kier molecular flexibility index (Phi) is 6.25. The van der Waals surface area contributed by atoms with Crippen LogP contribution in [0, 0.1) is 5.92 Å². The van der Waals surface area contributed by atoms with Crippen LogP contribution in [0.3, 0.4) is 0 Å². The smallest absolute Gasteiger partial charge is 0.366 e. The van der Waals surface area contributed by atoms with Crippen molar-refractivity contribution < 1.29 is 17.9 Å². The van der Waals surface area contributed by atoms with Gasteiger partial charge in [0.1, 0.15) is 0 Å². The topological polar surface area (TPSA) is 9.23 Å². The van der Waals surface area contributed by atoms with E-state index in [2.05, 4.69) is 0 Å². The van der Waals surface area contributed by atoms with Crippen molar-refractivity contribution in [2.75, 3.05) is 0 Å². The summed E-state index contributed by atoms with van der Waals surface area (Å²) in [6.07, 6.45) is -4.77. The molecule has 92 valence electrons. The lowest BCUT2D eigenvalue weighted by Gasteiger charge is -2.23. The summed E-state index contributed by atoms with van der Waals surface area (Å²) in [5, 5.41) is 0. The lowest BCUT2D eigenvalue weighted by atomic mass is 10.0. The third-order valence-electron chi connectivity index (χ3n) is 2.05. The number of alkyl halides is 3. The van der Waals surface area contributed by atoms with E-state index in [4.69, 9.17) is 4.74 Å². The molecule has 0 N–H and O–H groups in total. The molecule has 0 spiro atoms. The fourth-order valence-electron chi connectivity index (χ4n) is 1.35. The Morgan fingerprint density at radius 2 is 1.53 bits per heavy atom. The van der Waals surface area contributed by atoms with Crippen molar-refractivity contribution in [3.63, 3.8) is 0 Å². The number of rotatable bonds is 6. The minimum absolute atomic E-state index is 0.0693. The number of ether oxygens (including phenoxy) is 1. The summed E-state index contributed by atoms with van der Waals surface area (Å²) >= 11 is 0. The molecule has 0 radical (unpaired) electrons. The van der Waals surface area contributed by atoms with Crippen molar-refractivity contribution in [2.45, 2.75) is 65.3 Å². The molecule has 1 nitrogen and oxygen atoms in total. The van der Waals surface area contributed by atoms with Crippen molar-refractivity contribution in [3.05, 3.63) is 0 Å². The first-order chi connectivity index (χ1) is 6.73. The van der Waals surface area contributed by atoms with Crippen LogP contribution in [0.5, 0.6) is 0 Å². The van der Waals surface area contributed by atoms with Crippen LogP contribution < -0.4 is 0 Å². The molecule has 0 bridgehead atoms. The second-order valence-corrected chi connectivity index (χ2v) is 4.54. The molecule has 4 heteroatoms. The SMILES string of the molecule is CC(C)CCCC(OC(C)C)C(F)(F)F. The van der Waals surface area contributed by atoms with Gasteiger partial charge < -0.3 is 4.74 Å². The zero-order chi connectivity index (χ0) is 12.1. The molecular formula is C11H21F3O. The lowest BCUT2D eigenvalue weighted by Crippen LogP contribution is -2.33. The molecule has 0 aromatic heterocycles. The second-order valence-electron chi connectivity index (χ2n) is 4.54. The van der Waals surface area contributed by atoms with Crippen LogP contribution in [0.15, 0.2) is 0 Å². The highest BCUT2D eigenvalue weighted by molar-refractivity contribution is 4.69. The zero-order valence-corrected chi connectivity index (χ0v) is 9.90. The molecule has 0 aromatic rings. The first-order valence-electron chi connectivity index (χ1n) is 5.45. The predicted molar refractivity (Wildman–Crippen MR) is 54.8 cm³/mol. The Morgan fingerprint density at radius 3 is 1.87 bits per heavy atom. The molecule has 0 saturated heterocycles. The Labute approximate surface area is 90.0 Å². The monoisotopic (exact) mass is 226 g/mol. The summed E-state index contributed by atoms with van der Waals surface area (Å²) in [4.78, 5) is 0. The van der Waals surface area contributed by atoms with Crippen molar-refractivity contribution in [2.24, 2.45) is 5.92 Å². The first kappa shape index (κ1) is 14.8. The van der Waals surface area contributed by atoms with Crippen LogP contribution in [0.1, 0.15) is 47.0 Å². The summed E-state index contributed by atoms with van der Waals surface area (Å²) < 4.78 is 42.3. The van der Waals surface area contributed by atoms with Gasteiger partial charge in [-0.1, -0.05) is 26.7 Å². The molecule has 15 heavy (non-hydrogen) atoms. The molecule has 1 unspecified atom stereocenters. The Bertz CT molecular complexity index is 164. The minimum atomic E-state index is -4.23. The van der Waals surface area contributed by atoms with Crippen LogP contribution in [-0.4, -0.2) is 18.4 Å². The van der Waals surface area contributed by atoms with E-state index >= 15 is 0 Å². The second kappa shape index (κ2) is 6.36. The Hall–Kier alpha value is -0.250. The molecule has 0 rings (SSSR count). The van der Waals surface area contributed by atoms with E-state index in [0.717, 1.165) is 6.42 Å². The van der Waals surface area contributed by atoms with Gasteiger partial charge in [-0.3, -0.25) is 0 Å². The summed E-state index contributed by atoms with van der Waals surface area (Å²) in [6.45, 7) is 7.26. The fourth-order valence-corrected chi connectivity index (χ4v) is 1.35. The molecular weight excluding hydrogens is 205 g/mol. The van der Waals surface area contributed by atoms with Crippen LogP contribution in [0.2, 0.25) is 0 Å². The van der Waals surface area contributed by atoms with Crippen LogP contribution in [-0.2, 0) is 4.74 Å². The van der Waals surface area contributed by atoms with Crippen LogP contribution in [0.25, 0.3) is 0 Å². The Morgan fingerprint density at radius 1 is 1.00 bits per heavy atom. The van der Waals surface area contributed by atoms with Gasteiger partial charge in [-0.15, -0.1) is 0 Å². The average Bonchev–Trinajstić information content (AvgIpc) is 1.99. The average molecular weight is 226 g/mol. The molecule has 0 aromatic carbocycles. The highest BCUT2D eigenvalue weighted by Crippen LogP contribution is 2.28. The molecule has 0 aliphatic carbocycles. The standard InChI is InChI=1S/C11H21F3O/c1-8(2)6-5-7-10(11(12,13)14)15-9(3)4/h8-10H,5-7H2,1-4H3. The van der Waals surface area contributed by atoms with Gasteiger partial charge in [0.2, 0.25) is 0 Å². The normalized spacial score (nSPS) is 15.0. The van der Waals surface area contributed by atoms with Gasteiger partial charge in [-0.2, -0.15) is 13.2 Å². The van der Waals surface area contributed by atoms with E-state index in [0.29, 0.717) is 12.3 Å².